The molecule has 1 atom stereocenters. The molecule has 6 nitrogen and oxygen atoms in total. The lowest BCUT2D eigenvalue weighted by Gasteiger charge is -2.28. The van der Waals surface area contributed by atoms with Gasteiger partial charge in [-0.1, -0.05) is 12.1 Å². The Morgan fingerprint density at radius 2 is 1.81 bits per heavy atom. The third-order valence-corrected chi connectivity index (χ3v) is 4.84. The molecule has 0 saturated heterocycles. The minimum Gasteiger partial charge on any atom is -0.494 e. The summed E-state index contributed by atoms with van der Waals surface area (Å²) in [6.45, 7) is 3.78. The van der Waals surface area contributed by atoms with E-state index in [0.29, 0.717) is 18.0 Å². The number of amides is 1. The number of halogens is 1. The second kappa shape index (κ2) is 8.18. The zero-order valence-corrected chi connectivity index (χ0v) is 15.6. The Labute approximate surface area is 152 Å². The number of nitrogens with one attached hydrogen (secondary N) is 1. The molecule has 2 rings (SSSR count). The number of carbonyl (C=O) groups excluding carboxylic acids is 1. The molecule has 26 heavy (non-hydrogen) atoms. The Balaban J connectivity index is 2.24. The summed E-state index contributed by atoms with van der Waals surface area (Å²) in [6, 6.07) is 10.9. The highest BCUT2D eigenvalue weighted by Gasteiger charge is 2.30. The summed E-state index contributed by atoms with van der Waals surface area (Å²) in [5.74, 6) is -0.649. The van der Waals surface area contributed by atoms with Gasteiger partial charge in [0.05, 0.1) is 18.6 Å². The number of hydrogen-bond donors (Lipinski definition) is 1. The van der Waals surface area contributed by atoms with Gasteiger partial charge in [-0.05, 0) is 50.2 Å². The maximum absolute atomic E-state index is 14.1. The summed E-state index contributed by atoms with van der Waals surface area (Å²) >= 11 is 0. The molecule has 8 heteroatoms. The van der Waals surface area contributed by atoms with Crippen LogP contribution in [0.25, 0.3) is 0 Å². The van der Waals surface area contributed by atoms with Crippen LogP contribution in [-0.2, 0) is 14.8 Å². The predicted molar refractivity (Wildman–Crippen MR) is 99.4 cm³/mol. The monoisotopic (exact) mass is 380 g/mol. The van der Waals surface area contributed by atoms with Gasteiger partial charge in [0.15, 0.2) is 0 Å². The molecule has 2 aromatic rings. The second-order valence-electron chi connectivity index (χ2n) is 5.63. The second-order valence-corrected chi connectivity index (χ2v) is 7.49. The van der Waals surface area contributed by atoms with E-state index < -0.39 is 27.8 Å². The van der Waals surface area contributed by atoms with Gasteiger partial charge in [0.25, 0.3) is 0 Å². The summed E-state index contributed by atoms with van der Waals surface area (Å²) in [5.41, 5.74) is 0.302. The third-order valence-electron chi connectivity index (χ3n) is 3.61. The van der Waals surface area contributed by atoms with E-state index in [1.807, 2.05) is 6.92 Å². The number of ether oxygens (including phenoxy) is 1. The van der Waals surface area contributed by atoms with Crippen molar-refractivity contribution in [3.63, 3.8) is 0 Å². The maximum atomic E-state index is 14.1. The summed E-state index contributed by atoms with van der Waals surface area (Å²) in [6.07, 6.45) is 0.931. The van der Waals surface area contributed by atoms with Crippen LogP contribution >= 0.6 is 0 Å². The fourth-order valence-corrected chi connectivity index (χ4v) is 3.63. The molecule has 0 saturated carbocycles. The molecule has 1 amide bonds. The standard InChI is InChI=1S/C18H21FN2O4S/c1-4-25-15-11-9-14(10-12-15)20-18(22)13(2)21(26(3,23)24)17-8-6-5-7-16(17)19/h5-13H,4H2,1-3H3,(H,20,22)/t13-/m0/s1. The Morgan fingerprint density at radius 3 is 2.35 bits per heavy atom. The van der Waals surface area contributed by atoms with Crippen molar-refractivity contribution in [2.24, 2.45) is 0 Å². The van der Waals surface area contributed by atoms with Gasteiger partial charge in [-0.2, -0.15) is 0 Å². The SMILES string of the molecule is CCOc1ccc(NC(=O)[C@H](C)N(c2ccccc2F)S(C)(=O)=O)cc1. The van der Waals surface area contributed by atoms with E-state index in [4.69, 9.17) is 4.74 Å². The summed E-state index contributed by atoms with van der Waals surface area (Å²) in [7, 11) is -3.88. The Bertz CT molecular complexity index is 869. The van der Waals surface area contributed by atoms with Gasteiger partial charge in [-0.3, -0.25) is 9.10 Å². The first-order valence-corrected chi connectivity index (χ1v) is 9.86. The number of benzene rings is 2. The molecule has 0 aliphatic carbocycles. The topological polar surface area (TPSA) is 75.7 Å². The molecular weight excluding hydrogens is 359 g/mol. The van der Waals surface area contributed by atoms with Crippen LogP contribution in [0.15, 0.2) is 48.5 Å². The molecule has 0 aliphatic heterocycles. The molecule has 0 unspecified atom stereocenters. The molecule has 0 spiro atoms. The largest absolute Gasteiger partial charge is 0.494 e. The quantitative estimate of drug-likeness (QED) is 0.801. The Hall–Kier alpha value is -2.61. The zero-order valence-electron chi connectivity index (χ0n) is 14.8. The average Bonchev–Trinajstić information content (AvgIpc) is 2.57. The van der Waals surface area contributed by atoms with Gasteiger partial charge in [-0.25, -0.2) is 12.8 Å². The molecule has 1 N–H and O–H groups in total. The molecule has 0 aromatic heterocycles. The zero-order chi connectivity index (χ0) is 19.3. The number of anilines is 2. The van der Waals surface area contributed by atoms with E-state index in [-0.39, 0.29) is 5.69 Å². The van der Waals surface area contributed by atoms with Crippen LogP contribution in [0.1, 0.15) is 13.8 Å². The molecule has 0 aliphatic rings. The van der Waals surface area contributed by atoms with Gasteiger partial charge in [0.2, 0.25) is 15.9 Å². The van der Waals surface area contributed by atoms with E-state index in [2.05, 4.69) is 5.32 Å². The van der Waals surface area contributed by atoms with Crippen molar-refractivity contribution in [2.75, 3.05) is 22.5 Å². The summed E-state index contributed by atoms with van der Waals surface area (Å²) in [5, 5.41) is 2.63. The highest BCUT2D eigenvalue weighted by Crippen LogP contribution is 2.25. The number of nitrogens with zero attached hydrogens (tertiary/aromatic N) is 1. The van der Waals surface area contributed by atoms with E-state index in [1.54, 1.807) is 24.3 Å². The molecule has 140 valence electrons. The van der Waals surface area contributed by atoms with Crippen LogP contribution in [0, 0.1) is 5.82 Å². The maximum Gasteiger partial charge on any atom is 0.247 e. The first kappa shape index (κ1) is 19.7. The molecule has 0 bridgehead atoms. The molecular formula is C18H21FN2O4S. The van der Waals surface area contributed by atoms with E-state index in [9.17, 15) is 17.6 Å². The first-order chi connectivity index (χ1) is 12.2. The number of rotatable bonds is 7. The first-order valence-electron chi connectivity index (χ1n) is 8.01. The van der Waals surface area contributed by atoms with Gasteiger partial charge in [0, 0.05) is 5.69 Å². The Morgan fingerprint density at radius 1 is 1.19 bits per heavy atom. The lowest BCUT2D eigenvalue weighted by molar-refractivity contribution is -0.116. The number of hydrogen-bond acceptors (Lipinski definition) is 4. The van der Waals surface area contributed by atoms with Crippen LogP contribution in [0.2, 0.25) is 0 Å². The predicted octanol–water partition coefficient (Wildman–Crippen LogP) is 3.02. The van der Waals surface area contributed by atoms with Crippen molar-refractivity contribution in [3.8, 4) is 5.75 Å². The molecule has 0 heterocycles. The lowest BCUT2D eigenvalue weighted by Crippen LogP contribution is -2.45. The van der Waals surface area contributed by atoms with Crippen LogP contribution < -0.4 is 14.4 Å². The minimum atomic E-state index is -3.88. The van der Waals surface area contributed by atoms with Crippen molar-refractivity contribution in [3.05, 3.63) is 54.3 Å². The van der Waals surface area contributed by atoms with Crippen LogP contribution in [0.4, 0.5) is 15.8 Å². The van der Waals surface area contributed by atoms with Crippen LogP contribution in [0.5, 0.6) is 5.75 Å². The van der Waals surface area contributed by atoms with Crippen molar-refractivity contribution >= 4 is 27.3 Å². The van der Waals surface area contributed by atoms with Crippen LogP contribution in [-0.4, -0.2) is 33.2 Å². The number of para-hydroxylation sites is 1. The van der Waals surface area contributed by atoms with Gasteiger partial charge in [-0.15, -0.1) is 0 Å². The van der Waals surface area contributed by atoms with Gasteiger partial charge >= 0.3 is 0 Å². The van der Waals surface area contributed by atoms with E-state index in [0.717, 1.165) is 16.6 Å². The normalized spacial score (nSPS) is 12.3. The van der Waals surface area contributed by atoms with Gasteiger partial charge in [0.1, 0.15) is 17.6 Å². The highest BCUT2D eigenvalue weighted by molar-refractivity contribution is 7.92. The molecule has 2 aromatic carbocycles. The van der Waals surface area contributed by atoms with E-state index in [1.165, 1.54) is 25.1 Å². The smallest absolute Gasteiger partial charge is 0.247 e. The highest BCUT2D eigenvalue weighted by atomic mass is 32.2. The Kier molecular flexibility index (Phi) is 6.20. The number of carbonyl (C=O) groups is 1. The van der Waals surface area contributed by atoms with E-state index >= 15 is 0 Å². The van der Waals surface area contributed by atoms with Crippen molar-refractivity contribution in [2.45, 2.75) is 19.9 Å². The third kappa shape index (κ3) is 4.72. The van der Waals surface area contributed by atoms with Gasteiger partial charge < -0.3 is 10.1 Å². The minimum absolute atomic E-state index is 0.177. The number of sulfonamides is 1. The average molecular weight is 380 g/mol. The van der Waals surface area contributed by atoms with Crippen molar-refractivity contribution in [1.82, 2.24) is 0 Å². The fourth-order valence-electron chi connectivity index (χ4n) is 2.46. The molecule has 0 fully saturated rings. The molecule has 0 radical (unpaired) electrons. The fraction of sp³-hybridized carbons (Fsp3) is 0.278. The van der Waals surface area contributed by atoms with Crippen LogP contribution in [0.3, 0.4) is 0 Å². The summed E-state index contributed by atoms with van der Waals surface area (Å²) < 4.78 is 44.5. The summed E-state index contributed by atoms with van der Waals surface area (Å²) in [4.78, 5) is 12.5. The van der Waals surface area contributed by atoms with Crippen molar-refractivity contribution in [1.29, 1.82) is 0 Å². The van der Waals surface area contributed by atoms with Crippen molar-refractivity contribution < 1.29 is 22.3 Å². The lowest BCUT2D eigenvalue weighted by atomic mass is 10.2.